The highest BCUT2D eigenvalue weighted by molar-refractivity contribution is 6.32. The number of hydrogen-bond acceptors (Lipinski definition) is 3. The summed E-state index contributed by atoms with van der Waals surface area (Å²) in [6, 6.07) is 7.00. The van der Waals surface area contributed by atoms with Gasteiger partial charge in [0.15, 0.2) is 5.75 Å². The van der Waals surface area contributed by atoms with Crippen LogP contribution in [0.4, 0.5) is 5.69 Å². The molecule has 118 valence electrons. The van der Waals surface area contributed by atoms with Crippen molar-refractivity contribution in [3.05, 3.63) is 40.7 Å². The number of aromatic nitrogens is 2. The number of amides is 1. The average molecular weight is 322 g/mol. The number of benzene rings is 1. The van der Waals surface area contributed by atoms with E-state index >= 15 is 0 Å². The van der Waals surface area contributed by atoms with E-state index in [1.54, 1.807) is 36.0 Å². The Bertz CT molecular complexity index is 702. The van der Waals surface area contributed by atoms with E-state index in [0.717, 1.165) is 5.69 Å². The van der Waals surface area contributed by atoms with E-state index in [-0.39, 0.29) is 11.3 Å². The van der Waals surface area contributed by atoms with E-state index in [1.807, 2.05) is 0 Å². The van der Waals surface area contributed by atoms with E-state index in [9.17, 15) is 4.79 Å². The standard InChI is InChI=1S/C16H20ClN3O2/c1-16(2,3)13-9-12(20(4)19-13)15(21)18-11-8-6-7-10(17)14(11)22-5/h6-9H,1-5H3,(H,18,21). The first-order valence-electron chi connectivity index (χ1n) is 6.92. The van der Waals surface area contributed by atoms with Gasteiger partial charge in [0.2, 0.25) is 0 Å². The zero-order valence-corrected chi connectivity index (χ0v) is 14.2. The van der Waals surface area contributed by atoms with E-state index in [0.29, 0.717) is 22.2 Å². The molecular weight excluding hydrogens is 302 g/mol. The van der Waals surface area contributed by atoms with Gasteiger partial charge in [-0.05, 0) is 18.2 Å². The lowest BCUT2D eigenvalue weighted by Gasteiger charge is -2.13. The maximum absolute atomic E-state index is 12.5. The lowest BCUT2D eigenvalue weighted by molar-refractivity contribution is 0.101. The first-order chi connectivity index (χ1) is 10.2. The molecule has 0 saturated heterocycles. The third-order valence-electron chi connectivity index (χ3n) is 3.30. The number of halogens is 1. The molecule has 0 fully saturated rings. The van der Waals surface area contributed by atoms with Crippen LogP contribution in [0.5, 0.6) is 5.75 Å². The van der Waals surface area contributed by atoms with E-state index in [2.05, 4.69) is 31.2 Å². The lowest BCUT2D eigenvalue weighted by Crippen LogP contribution is -2.16. The number of carbonyl (C=O) groups is 1. The van der Waals surface area contributed by atoms with Gasteiger partial charge in [0.1, 0.15) is 5.69 Å². The molecule has 2 rings (SSSR count). The van der Waals surface area contributed by atoms with Crippen molar-refractivity contribution >= 4 is 23.2 Å². The minimum atomic E-state index is -0.258. The molecule has 0 aliphatic rings. The number of methoxy groups -OCH3 is 1. The predicted molar refractivity (Wildman–Crippen MR) is 87.9 cm³/mol. The van der Waals surface area contributed by atoms with Crippen LogP contribution in [-0.4, -0.2) is 22.8 Å². The number of aryl methyl sites for hydroxylation is 1. The summed E-state index contributed by atoms with van der Waals surface area (Å²) in [4.78, 5) is 12.5. The Labute approximate surface area is 135 Å². The Morgan fingerprint density at radius 1 is 1.36 bits per heavy atom. The van der Waals surface area contributed by atoms with Gasteiger partial charge >= 0.3 is 0 Å². The molecule has 0 spiro atoms. The number of para-hydroxylation sites is 1. The second-order valence-corrected chi connectivity index (χ2v) is 6.47. The molecule has 5 nitrogen and oxygen atoms in total. The van der Waals surface area contributed by atoms with Crippen molar-refractivity contribution in [1.29, 1.82) is 0 Å². The first kappa shape index (κ1) is 16.4. The molecule has 0 saturated carbocycles. The molecule has 1 N–H and O–H groups in total. The topological polar surface area (TPSA) is 56.1 Å². The Balaban J connectivity index is 2.31. The molecule has 0 radical (unpaired) electrons. The summed E-state index contributed by atoms with van der Waals surface area (Å²) in [6.45, 7) is 6.16. The molecule has 2 aromatic rings. The van der Waals surface area contributed by atoms with Crippen LogP contribution in [0.3, 0.4) is 0 Å². The minimum absolute atomic E-state index is 0.121. The fraction of sp³-hybridized carbons (Fsp3) is 0.375. The van der Waals surface area contributed by atoms with Gasteiger partial charge in [0, 0.05) is 12.5 Å². The van der Waals surface area contributed by atoms with Gasteiger partial charge in [-0.3, -0.25) is 9.48 Å². The van der Waals surface area contributed by atoms with Gasteiger partial charge in [-0.25, -0.2) is 0 Å². The highest BCUT2D eigenvalue weighted by Crippen LogP contribution is 2.32. The summed E-state index contributed by atoms with van der Waals surface area (Å²) >= 11 is 6.06. The van der Waals surface area contributed by atoms with Gasteiger partial charge in [-0.2, -0.15) is 5.10 Å². The van der Waals surface area contributed by atoms with Crippen LogP contribution in [0.15, 0.2) is 24.3 Å². The number of nitrogens with zero attached hydrogens (tertiary/aromatic N) is 2. The van der Waals surface area contributed by atoms with Gasteiger partial charge in [-0.15, -0.1) is 0 Å². The van der Waals surface area contributed by atoms with Crippen molar-refractivity contribution < 1.29 is 9.53 Å². The van der Waals surface area contributed by atoms with Crippen molar-refractivity contribution in [2.24, 2.45) is 7.05 Å². The molecule has 1 amide bonds. The normalized spacial score (nSPS) is 11.4. The highest BCUT2D eigenvalue weighted by Gasteiger charge is 2.22. The fourth-order valence-electron chi connectivity index (χ4n) is 2.05. The molecule has 0 unspecified atom stereocenters. The zero-order chi connectivity index (χ0) is 16.5. The van der Waals surface area contributed by atoms with E-state index < -0.39 is 0 Å². The predicted octanol–water partition coefficient (Wildman–Crippen LogP) is 3.63. The molecule has 0 aliphatic carbocycles. The molecule has 1 heterocycles. The second kappa shape index (κ2) is 6.01. The molecule has 6 heteroatoms. The largest absolute Gasteiger partial charge is 0.493 e. The monoisotopic (exact) mass is 321 g/mol. The number of carbonyl (C=O) groups excluding carboxylic acids is 1. The summed E-state index contributed by atoms with van der Waals surface area (Å²) in [5.41, 5.74) is 1.74. The minimum Gasteiger partial charge on any atom is -0.493 e. The molecule has 0 bridgehead atoms. The fourth-order valence-corrected chi connectivity index (χ4v) is 2.30. The van der Waals surface area contributed by atoms with Crippen LogP contribution < -0.4 is 10.1 Å². The second-order valence-electron chi connectivity index (χ2n) is 6.06. The van der Waals surface area contributed by atoms with Crippen LogP contribution in [-0.2, 0) is 12.5 Å². The smallest absolute Gasteiger partial charge is 0.274 e. The van der Waals surface area contributed by atoms with Crippen molar-refractivity contribution in [1.82, 2.24) is 9.78 Å². The number of rotatable bonds is 3. The lowest BCUT2D eigenvalue weighted by atomic mass is 9.92. The molecule has 22 heavy (non-hydrogen) atoms. The first-order valence-corrected chi connectivity index (χ1v) is 7.30. The molecule has 0 aliphatic heterocycles. The molecular formula is C16H20ClN3O2. The van der Waals surface area contributed by atoms with E-state index in [1.165, 1.54) is 7.11 Å². The third kappa shape index (κ3) is 3.25. The Kier molecular flexibility index (Phi) is 4.47. The number of hydrogen-bond donors (Lipinski definition) is 1. The average Bonchev–Trinajstić information content (AvgIpc) is 2.81. The quantitative estimate of drug-likeness (QED) is 0.939. The van der Waals surface area contributed by atoms with Crippen LogP contribution >= 0.6 is 11.6 Å². The van der Waals surface area contributed by atoms with Crippen molar-refractivity contribution in [3.8, 4) is 5.75 Å². The van der Waals surface area contributed by atoms with Gasteiger partial charge in [0.05, 0.1) is 23.5 Å². The Hall–Kier alpha value is -2.01. The van der Waals surface area contributed by atoms with Gasteiger partial charge in [-0.1, -0.05) is 38.4 Å². The van der Waals surface area contributed by atoms with Gasteiger partial charge < -0.3 is 10.1 Å². The van der Waals surface area contributed by atoms with Crippen LogP contribution in [0.1, 0.15) is 37.0 Å². The highest BCUT2D eigenvalue weighted by atomic mass is 35.5. The molecule has 0 atom stereocenters. The van der Waals surface area contributed by atoms with E-state index in [4.69, 9.17) is 16.3 Å². The molecule has 1 aromatic heterocycles. The SMILES string of the molecule is COc1c(Cl)cccc1NC(=O)c1cc(C(C)(C)C)nn1C. The van der Waals surface area contributed by atoms with Crippen LogP contribution in [0, 0.1) is 0 Å². The summed E-state index contributed by atoms with van der Waals surface area (Å²) in [6.07, 6.45) is 0. The Morgan fingerprint density at radius 3 is 2.59 bits per heavy atom. The van der Waals surface area contributed by atoms with Crippen LogP contribution in [0.25, 0.3) is 0 Å². The maximum Gasteiger partial charge on any atom is 0.274 e. The maximum atomic E-state index is 12.5. The summed E-state index contributed by atoms with van der Waals surface area (Å²) in [7, 11) is 3.26. The van der Waals surface area contributed by atoms with Crippen molar-refractivity contribution in [2.45, 2.75) is 26.2 Å². The summed E-state index contributed by atoms with van der Waals surface area (Å²) in [5, 5.41) is 7.66. The number of ether oxygens (including phenoxy) is 1. The van der Waals surface area contributed by atoms with Crippen molar-refractivity contribution in [2.75, 3.05) is 12.4 Å². The number of anilines is 1. The zero-order valence-electron chi connectivity index (χ0n) is 13.4. The van der Waals surface area contributed by atoms with Gasteiger partial charge in [0.25, 0.3) is 5.91 Å². The Morgan fingerprint density at radius 2 is 2.05 bits per heavy atom. The molecule has 1 aromatic carbocycles. The summed E-state index contributed by atoms with van der Waals surface area (Å²) in [5.74, 6) is 0.182. The summed E-state index contributed by atoms with van der Waals surface area (Å²) < 4.78 is 6.81. The number of nitrogens with one attached hydrogen (secondary N) is 1. The van der Waals surface area contributed by atoms with Crippen molar-refractivity contribution in [3.63, 3.8) is 0 Å². The third-order valence-corrected chi connectivity index (χ3v) is 3.60. The van der Waals surface area contributed by atoms with Crippen LogP contribution in [0.2, 0.25) is 5.02 Å².